The molecule has 0 saturated carbocycles. The first-order valence-corrected chi connectivity index (χ1v) is 11.3. The largest absolute Gasteiger partial charge is 0.463 e. The third-order valence-electron chi connectivity index (χ3n) is 6.95. The molecule has 3 aromatic carbocycles. The lowest BCUT2D eigenvalue weighted by atomic mass is 9.76. The molecule has 168 valence electrons. The van der Waals surface area contributed by atoms with Gasteiger partial charge in [0.1, 0.15) is 11.6 Å². The molecule has 3 aromatic rings. The van der Waals surface area contributed by atoms with Gasteiger partial charge in [0, 0.05) is 22.4 Å². The number of rotatable bonds is 2. The van der Waals surface area contributed by atoms with Crippen molar-refractivity contribution in [3.63, 3.8) is 0 Å². The van der Waals surface area contributed by atoms with Crippen molar-refractivity contribution < 1.29 is 13.9 Å². The van der Waals surface area contributed by atoms with Gasteiger partial charge in [-0.15, -0.1) is 0 Å². The van der Waals surface area contributed by atoms with Crippen molar-refractivity contribution in [1.82, 2.24) is 0 Å². The molecule has 2 aliphatic heterocycles. The molecule has 4 heteroatoms. The van der Waals surface area contributed by atoms with Gasteiger partial charge in [-0.3, -0.25) is 4.79 Å². The molecule has 0 fully saturated rings. The highest BCUT2D eigenvalue weighted by atomic mass is 19.1. The van der Waals surface area contributed by atoms with Gasteiger partial charge >= 0.3 is 0 Å². The van der Waals surface area contributed by atoms with E-state index in [-0.39, 0.29) is 17.0 Å². The summed E-state index contributed by atoms with van der Waals surface area (Å²) in [6.07, 6.45) is 4.21. The molecule has 0 aliphatic carbocycles. The quantitative estimate of drug-likeness (QED) is 0.442. The van der Waals surface area contributed by atoms with Crippen LogP contribution in [0.15, 0.2) is 66.7 Å². The van der Waals surface area contributed by atoms with Crippen LogP contribution in [-0.2, 0) is 10.8 Å². The summed E-state index contributed by atoms with van der Waals surface area (Å²) in [7, 11) is 0. The van der Waals surface area contributed by atoms with Crippen LogP contribution >= 0.6 is 0 Å². The number of ether oxygens (including phenoxy) is 1. The van der Waals surface area contributed by atoms with Crippen LogP contribution in [0.25, 0.3) is 6.08 Å². The minimum Gasteiger partial charge on any atom is -0.463 e. The number of halogens is 1. The van der Waals surface area contributed by atoms with Crippen molar-refractivity contribution >= 4 is 17.5 Å². The number of benzene rings is 3. The third kappa shape index (κ3) is 3.36. The van der Waals surface area contributed by atoms with E-state index >= 15 is 0 Å². The minimum absolute atomic E-state index is 0.0621. The summed E-state index contributed by atoms with van der Waals surface area (Å²) < 4.78 is 19.9. The van der Waals surface area contributed by atoms with Gasteiger partial charge in [0.15, 0.2) is 5.78 Å². The Kier molecular flexibility index (Phi) is 4.58. The molecular formula is C29H28FNO2. The minimum atomic E-state index is -0.761. The van der Waals surface area contributed by atoms with Gasteiger partial charge in [-0.2, -0.15) is 0 Å². The van der Waals surface area contributed by atoms with Gasteiger partial charge in [-0.25, -0.2) is 4.39 Å². The summed E-state index contributed by atoms with van der Waals surface area (Å²) in [4.78, 5) is 13.0. The number of carbonyl (C=O) groups excluding carboxylic acids is 1. The highest BCUT2D eigenvalue weighted by Gasteiger charge is 2.54. The number of fused-ring (bicyclic) bond motifs is 2. The van der Waals surface area contributed by atoms with Crippen LogP contribution in [0.2, 0.25) is 0 Å². The van der Waals surface area contributed by atoms with E-state index in [4.69, 9.17) is 4.74 Å². The second kappa shape index (κ2) is 7.05. The lowest BCUT2D eigenvalue weighted by molar-refractivity contribution is 0.0822. The Morgan fingerprint density at radius 2 is 1.64 bits per heavy atom. The molecule has 0 aromatic heterocycles. The zero-order valence-corrected chi connectivity index (χ0v) is 19.6. The van der Waals surface area contributed by atoms with Gasteiger partial charge in [-0.1, -0.05) is 26.8 Å². The number of hydrogen-bond donors (Lipinski definition) is 1. The maximum atomic E-state index is 13.3. The Bertz CT molecular complexity index is 1300. The van der Waals surface area contributed by atoms with E-state index in [9.17, 15) is 9.18 Å². The molecule has 33 heavy (non-hydrogen) atoms. The Morgan fingerprint density at radius 3 is 2.33 bits per heavy atom. The van der Waals surface area contributed by atoms with Crippen LogP contribution < -0.4 is 10.1 Å². The van der Waals surface area contributed by atoms with Crippen molar-refractivity contribution in [2.24, 2.45) is 0 Å². The van der Waals surface area contributed by atoms with E-state index in [1.807, 2.05) is 24.3 Å². The van der Waals surface area contributed by atoms with Crippen molar-refractivity contribution in [3.05, 3.63) is 100 Å². The lowest BCUT2D eigenvalue weighted by Crippen LogP contribution is -2.53. The Labute approximate surface area is 194 Å². The highest BCUT2D eigenvalue weighted by Crippen LogP contribution is 2.51. The summed E-state index contributed by atoms with van der Waals surface area (Å²) in [5.74, 6) is 0.347. The first-order chi connectivity index (χ1) is 15.5. The third-order valence-corrected chi connectivity index (χ3v) is 6.95. The van der Waals surface area contributed by atoms with E-state index in [0.29, 0.717) is 11.1 Å². The molecule has 1 atom stereocenters. The zero-order valence-electron chi connectivity index (χ0n) is 19.6. The molecule has 5 rings (SSSR count). The maximum absolute atomic E-state index is 13.3. The summed E-state index contributed by atoms with van der Waals surface area (Å²) in [5, 5.41) is 3.57. The molecule has 1 N–H and O–H groups in total. The predicted octanol–water partition coefficient (Wildman–Crippen LogP) is 6.86. The molecule has 2 heterocycles. The van der Waals surface area contributed by atoms with Gasteiger partial charge in [0.2, 0.25) is 5.72 Å². The van der Waals surface area contributed by atoms with Crippen LogP contribution in [0.4, 0.5) is 10.1 Å². The molecule has 0 amide bonds. The highest BCUT2D eigenvalue weighted by molar-refractivity contribution is 6.09. The molecule has 0 saturated heterocycles. The summed E-state index contributed by atoms with van der Waals surface area (Å²) in [5.41, 5.74) is 4.16. The number of carbonyl (C=O) groups is 1. The lowest BCUT2D eigenvalue weighted by Gasteiger charge is -2.42. The summed E-state index contributed by atoms with van der Waals surface area (Å²) >= 11 is 0. The normalized spacial score (nSPS) is 20.1. The van der Waals surface area contributed by atoms with Gasteiger partial charge in [0.25, 0.3) is 0 Å². The Morgan fingerprint density at radius 1 is 0.939 bits per heavy atom. The van der Waals surface area contributed by atoms with Crippen LogP contribution in [-0.4, -0.2) is 11.5 Å². The van der Waals surface area contributed by atoms with Crippen LogP contribution in [0.5, 0.6) is 5.75 Å². The van der Waals surface area contributed by atoms with E-state index in [1.165, 1.54) is 29.8 Å². The van der Waals surface area contributed by atoms with Crippen molar-refractivity contribution in [3.8, 4) is 5.75 Å². The average molecular weight is 442 g/mol. The van der Waals surface area contributed by atoms with Gasteiger partial charge in [-0.05, 0) is 97.1 Å². The van der Waals surface area contributed by atoms with Crippen LogP contribution in [0, 0.1) is 5.82 Å². The van der Waals surface area contributed by atoms with E-state index < -0.39 is 11.1 Å². The first kappa shape index (κ1) is 21.4. The Balaban J connectivity index is 1.50. The second-order valence-electron chi connectivity index (χ2n) is 10.5. The predicted molar refractivity (Wildman–Crippen MR) is 130 cm³/mol. The molecule has 0 radical (unpaired) electrons. The van der Waals surface area contributed by atoms with Gasteiger partial charge < -0.3 is 10.1 Å². The topological polar surface area (TPSA) is 38.3 Å². The SMILES string of the molecule is CC(C)(C)c1ccc2c(c1)C=CC1(Nc3ccc(C(=O)c4ccc(F)cc4)cc3C1(C)C)O2. The fourth-order valence-corrected chi connectivity index (χ4v) is 4.69. The molecule has 1 spiro atoms. The number of nitrogens with one attached hydrogen (secondary N) is 1. The molecule has 2 aliphatic rings. The summed E-state index contributed by atoms with van der Waals surface area (Å²) in [6.45, 7) is 10.8. The first-order valence-electron chi connectivity index (χ1n) is 11.3. The van der Waals surface area contributed by atoms with E-state index in [1.54, 1.807) is 0 Å². The molecular weight excluding hydrogens is 413 g/mol. The fourth-order valence-electron chi connectivity index (χ4n) is 4.69. The summed E-state index contributed by atoms with van der Waals surface area (Å²) in [6, 6.07) is 17.7. The zero-order chi connectivity index (χ0) is 23.6. The molecule has 1 unspecified atom stereocenters. The maximum Gasteiger partial charge on any atom is 0.209 e. The standard InChI is InChI=1S/C29H28FNO2/c1-27(2,3)21-9-13-25-19(16-21)14-15-29(33-25)28(4,5)23-17-20(8-12-24(23)31-29)26(32)18-6-10-22(30)11-7-18/h6-17,31H,1-5H3. The van der Waals surface area contributed by atoms with Crippen molar-refractivity contribution in [1.29, 1.82) is 0 Å². The Hall–Kier alpha value is -3.40. The second-order valence-corrected chi connectivity index (χ2v) is 10.5. The van der Waals surface area contributed by atoms with E-state index in [2.05, 4.69) is 64.2 Å². The number of hydrogen-bond acceptors (Lipinski definition) is 3. The van der Waals surface area contributed by atoms with Crippen molar-refractivity contribution in [2.75, 3.05) is 5.32 Å². The number of anilines is 1. The van der Waals surface area contributed by atoms with E-state index in [0.717, 1.165) is 22.6 Å². The number of ketones is 1. The van der Waals surface area contributed by atoms with Crippen LogP contribution in [0.3, 0.4) is 0 Å². The van der Waals surface area contributed by atoms with Gasteiger partial charge in [0.05, 0.1) is 5.41 Å². The molecule has 3 nitrogen and oxygen atoms in total. The monoisotopic (exact) mass is 441 g/mol. The smallest absolute Gasteiger partial charge is 0.209 e. The van der Waals surface area contributed by atoms with Crippen molar-refractivity contribution in [2.45, 2.75) is 51.2 Å². The average Bonchev–Trinajstić information content (AvgIpc) is 2.98. The fraction of sp³-hybridized carbons (Fsp3) is 0.276. The molecule has 0 bridgehead atoms. The van der Waals surface area contributed by atoms with Crippen LogP contribution in [0.1, 0.15) is 67.2 Å².